The number of nitrogens with two attached hydrogens (primary N) is 1. The van der Waals surface area contributed by atoms with Crippen molar-refractivity contribution >= 4 is 11.6 Å². The molecule has 1 amide bonds. The second-order valence-electron chi connectivity index (χ2n) is 6.21. The van der Waals surface area contributed by atoms with Crippen molar-refractivity contribution in [2.75, 3.05) is 33.4 Å². The molecular formula is C16H25N3O. The molecule has 1 aliphatic carbocycles. The summed E-state index contributed by atoms with van der Waals surface area (Å²) in [5.74, 6) is 0.0583. The average molecular weight is 275 g/mol. The van der Waals surface area contributed by atoms with Crippen LogP contribution in [0.3, 0.4) is 0 Å². The van der Waals surface area contributed by atoms with Gasteiger partial charge in [-0.1, -0.05) is 6.07 Å². The number of anilines is 1. The minimum Gasteiger partial charge on any atom is -0.399 e. The summed E-state index contributed by atoms with van der Waals surface area (Å²) in [6.07, 6.45) is 3.57. The summed E-state index contributed by atoms with van der Waals surface area (Å²) in [5, 5.41) is 0. The maximum Gasteiger partial charge on any atom is 0.254 e. The van der Waals surface area contributed by atoms with Crippen molar-refractivity contribution in [1.29, 1.82) is 0 Å². The van der Waals surface area contributed by atoms with Crippen molar-refractivity contribution < 1.29 is 4.79 Å². The quantitative estimate of drug-likeness (QED) is 0.856. The van der Waals surface area contributed by atoms with E-state index in [4.69, 9.17) is 5.73 Å². The van der Waals surface area contributed by atoms with E-state index in [0.717, 1.165) is 24.9 Å². The normalized spacial score (nSPS) is 16.9. The van der Waals surface area contributed by atoms with Crippen molar-refractivity contribution in [2.45, 2.75) is 31.7 Å². The van der Waals surface area contributed by atoms with E-state index in [-0.39, 0.29) is 11.4 Å². The summed E-state index contributed by atoms with van der Waals surface area (Å²) < 4.78 is 0. The van der Waals surface area contributed by atoms with Crippen LogP contribution in [0.15, 0.2) is 18.2 Å². The molecule has 0 radical (unpaired) electrons. The Morgan fingerprint density at radius 3 is 2.45 bits per heavy atom. The number of likely N-dealkylation sites (N-methyl/N-ethyl adjacent to an activating group) is 2. The number of hydrogen-bond acceptors (Lipinski definition) is 3. The van der Waals surface area contributed by atoms with Crippen LogP contribution in [0.5, 0.6) is 0 Å². The molecule has 1 fully saturated rings. The Hall–Kier alpha value is -1.55. The highest BCUT2D eigenvalue weighted by atomic mass is 16.2. The van der Waals surface area contributed by atoms with Crippen LogP contribution in [0.25, 0.3) is 0 Å². The first-order valence-electron chi connectivity index (χ1n) is 7.15. The first-order chi connectivity index (χ1) is 9.35. The van der Waals surface area contributed by atoms with E-state index in [1.807, 2.05) is 31.0 Å². The number of nitrogens with zero attached hydrogens (tertiary/aromatic N) is 2. The van der Waals surface area contributed by atoms with E-state index >= 15 is 0 Å². The van der Waals surface area contributed by atoms with E-state index in [1.165, 1.54) is 6.42 Å². The number of carbonyl (C=O) groups excluding carboxylic acids is 1. The summed E-state index contributed by atoms with van der Waals surface area (Å²) in [4.78, 5) is 16.7. The van der Waals surface area contributed by atoms with E-state index in [9.17, 15) is 4.79 Å². The molecule has 4 nitrogen and oxygen atoms in total. The molecule has 1 aromatic rings. The molecule has 0 unspecified atom stereocenters. The van der Waals surface area contributed by atoms with E-state index in [2.05, 4.69) is 19.0 Å². The van der Waals surface area contributed by atoms with Gasteiger partial charge in [0.05, 0.1) is 0 Å². The lowest BCUT2D eigenvalue weighted by Crippen LogP contribution is -2.57. The third-order valence-corrected chi connectivity index (χ3v) is 4.60. The summed E-state index contributed by atoms with van der Waals surface area (Å²) in [5.41, 5.74) is 8.27. The highest BCUT2D eigenvalue weighted by Crippen LogP contribution is 2.36. The maximum absolute atomic E-state index is 12.6. The summed E-state index contributed by atoms with van der Waals surface area (Å²) >= 11 is 0. The van der Waals surface area contributed by atoms with Crippen molar-refractivity contribution in [3.63, 3.8) is 0 Å². The van der Waals surface area contributed by atoms with Crippen LogP contribution in [0.4, 0.5) is 5.69 Å². The van der Waals surface area contributed by atoms with Crippen LogP contribution < -0.4 is 5.73 Å². The van der Waals surface area contributed by atoms with Gasteiger partial charge in [0.1, 0.15) is 0 Å². The van der Waals surface area contributed by atoms with Gasteiger partial charge in [-0.05, 0) is 58.0 Å². The first-order valence-corrected chi connectivity index (χ1v) is 7.15. The lowest BCUT2D eigenvalue weighted by molar-refractivity contribution is 0.0252. The number of carbonyl (C=O) groups is 1. The number of rotatable bonds is 4. The van der Waals surface area contributed by atoms with Gasteiger partial charge in [-0.15, -0.1) is 0 Å². The predicted octanol–water partition coefficient (Wildman–Crippen LogP) is 2.13. The zero-order chi connectivity index (χ0) is 14.9. The van der Waals surface area contributed by atoms with Gasteiger partial charge in [0.25, 0.3) is 5.91 Å². The minimum atomic E-state index is 0.0583. The number of amides is 1. The Morgan fingerprint density at radius 2 is 1.95 bits per heavy atom. The topological polar surface area (TPSA) is 49.6 Å². The van der Waals surface area contributed by atoms with Gasteiger partial charge >= 0.3 is 0 Å². The fourth-order valence-electron chi connectivity index (χ4n) is 2.92. The lowest BCUT2D eigenvalue weighted by Gasteiger charge is -2.49. The molecule has 20 heavy (non-hydrogen) atoms. The molecule has 1 aromatic carbocycles. The molecule has 1 aliphatic rings. The SMILES string of the molecule is Cc1ccc(N)cc1C(=O)N(C)CC1(N(C)C)CCC1. The van der Waals surface area contributed by atoms with Gasteiger partial charge < -0.3 is 15.5 Å². The largest absolute Gasteiger partial charge is 0.399 e. The van der Waals surface area contributed by atoms with E-state index in [1.54, 1.807) is 6.07 Å². The number of hydrogen-bond donors (Lipinski definition) is 1. The number of nitrogen functional groups attached to an aromatic ring is 1. The highest BCUT2D eigenvalue weighted by Gasteiger charge is 2.40. The highest BCUT2D eigenvalue weighted by molar-refractivity contribution is 5.96. The van der Waals surface area contributed by atoms with Crippen LogP contribution in [0.2, 0.25) is 0 Å². The molecule has 4 heteroatoms. The van der Waals surface area contributed by atoms with Gasteiger partial charge in [-0.25, -0.2) is 0 Å². The Balaban J connectivity index is 2.14. The molecule has 2 rings (SSSR count). The van der Waals surface area contributed by atoms with E-state index in [0.29, 0.717) is 11.3 Å². The van der Waals surface area contributed by atoms with Crippen LogP contribution >= 0.6 is 0 Å². The van der Waals surface area contributed by atoms with Crippen LogP contribution in [0, 0.1) is 6.92 Å². The standard InChI is InChI=1S/C16H25N3O/c1-12-6-7-13(17)10-14(12)15(20)19(4)11-16(18(2)3)8-5-9-16/h6-7,10H,5,8-9,11,17H2,1-4H3. The van der Waals surface area contributed by atoms with Crippen LogP contribution in [-0.2, 0) is 0 Å². The Morgan fingerprint density at radius 1 is 1.30 bits per heavy atom. The summed E-state index contributed by atoms with van der Waals surface area (Å²) in [6, 6.07) is 5.51. The molecule has 0 atom stereocenters. The van der Waals surface area contributed by atoms with Crippen molar-refractivity contribution in [3.8, 4) is 0 Å². The van der Waals surface area contributed by atoms with E-state index < -0.39 is 0 Å². The second kappa shape index (κ2) is 5.44. The fourth-order valence-corrected chi connectivity index (χ4v) is 2.92. The first kappa shape index (κ1) is 14.9. The van der Waals surface area contributed by atoms with Gasteiger partial charge in [0.2, 0.25) is 0 Å². The second-order valence-corrected chi connectivity index (χ2v) is 6.21. The van der Waals surface area contributed by atoms with Crippen LogP contribution in [-0.4, -0.2) is 48.9 Å². The zero-order valence-corrected chi connectivity index (χ0v) is 12.9. The minimum absolute atomic E-state index is 0.0583. The van der Waals surface area contributed by atoms with Crippen molar-refractivity contribution in [3.05, 3.63) is 29.3 Å². The molecule has 0 spiro atoms. The molecule has 2 N–H and O–H groups in total. The Labute approximate surface area is 121 Å². The molecule has 110 valence electrons. The van der Waals surface area contributed by atoms with Gasteiger partial charge in [0.15, 0.2) is 0 Å². The molecule has 0 bridgehead atoms. The average Bonchev–Trinajstić information content (AvgIpc) is 2.35. The zero-order valence-electron chi connectivity index (χ0n) is 12.9. The molecule has 1 saturated carbocycles. The maximum atomic E-state index is 12.6. The molecule has 0 aromatic heterocycles. The van der Waals surface area contributed by atoms with Gasteiger partial charge in [0, 0.05) is 30.4 Å². The van der Waals surface area contributed by atoms with Gasteiger partial charge in [-0.3, -0.25) is 4.79 Å². The van der Waals surface area contributed by atoms with Gasteiger partial charge in [-0.2, -0.15) is 0 Å². The van der Waals surface area contributed by atoms with Crippen molar-refractivity contribution in [2.24, 2.45) is 0 Å². The number of benzene rings is 1. The third-order valence-electron chi connectivity index (χ3n) is 4.60. The smallest absolute Gasteiger partial charge is 0.254 e. The molecule has 0 saturated heterocycles. The molecule has 0 heterocycles. The molecule has 0 aliphatic heterocycles. The Bertz CT molecular complexity index is 506. The Kier molecular flexibility index (Phi) is 4.04. The monoisotopic (exact) mass is 275 g/mol. The van der Waals surface area contributed by atoms with Crippen molar-refractivity contribution in [1.82, 2.24) is 9.80 Å². The predicted molar refractivity (Wildman–Crippen MR) is 82.8 cm³/mol. The summed E-state index contributed by atoms with van der Waals surface area (Å²) in [6.45, 7) is 2.72. The van der Waals surface area contributed by atoms with Crippen LogP contribution in [0.1, 0.15) is 35.2 Å². The third kappa shape index (κ3) is 2.66. The lowest BCUT2D eigenvalue weighted by atomic mass is 9.75. The molecular weight excluding hydrogens is 250 g/mol. The number of aryl methyl sites for hydroxylation is 1. The summed E-state index contributed by atoms with van der Waals surface area (Å²) in [7, 11) is 6.08. The fraction of sp³-hybridized carbons (Fsp3) is 0.562.